The molecule has 0 bridgehead atoms. The molecular formula is C16H13NO3. The lowest BCUT2D eigenvalue weighted by molar-refractivity contribution is -0.136. The average Bonchev–Trinajstić information content (AvgIpc) is 2.47. The minimum absolute atomic E-state index is 0.0338. The molecule has 4 heteroatoms. The number of hydrogen-bond donors (Lipinski definition) is 1. The van der Waals surface area contributed by atoms with E-state index in [1.54, 1.807) is 0 Å². The molecule has 0 amide bonds. The molecule has 0 aliphatic carbocycles. The van der Waals surface area contributed by atoms with Crippen molar-refractivity contribution in [2.75, 3.05) is 6.61 Å². The van der Waals surface area contributed by atoms with Gasteiger partial charge in [-0.3, -0.25) is 4.79 Å². The summed E-state index contributed by atoms with van der Waals surface area (Å²) in [6.45, 7) is 0.426. The first-order valence-electron chi connectivity index (χ1n) is 6.33. The fraction of sp³-hybridized carbons (Fsp3) is 0.125. The zero-order valence-electron chi connectivity index (χ0n) is 10.7. The van der Waals surface area contributed by atoms with Crippen LogP contribution in [0, 0.1) is 0 Å². The van der Waals surface area contributed by atoms with Crippen LogP contribution < -0.4 is 4.74 Å². The van der Waals surface area contributed by atoms with E-state index in [0.29, 0.717) is 6.61 Å². The molecule has 0 atom stereocenters. The molecule has 1 aliphatic rings. The largest absolute Gasteiger partial charge is 0.485 e. The number of carbonyl (C=O) groups is 1. The quantitative estimate of drug-likeness (QED) is 0.930. The zero-order valence-corrected chi connectivity index (χ0v) is 10.7. The molecule has 0 radical (unpaired) electrons. The van der Waals surface area contributed by atoms with Crippen molar-refractivity contribution in [2.45, 2.75) is 6.42 Å². The van der Waals surface area contributed by atoms with Crippen molar-refractivity contribution in [3.63, 3.8) is 0 Å². The van der Waals surface area contributed by atoms with E-state index in [2.05, 4.69) is 4.99 Å². The van der Waals surface area contributed by atoms with E-state index in [1.807, 2.05) is 48.5 Å². The second-order valence-corrected chi connectivity index (χ2v) is 4.58. The molecule has 100 valence electrons. The predicted molar refractivity (Wildman–Crippen MR) is 75.9 cm³/mol. The van der Waals surface area contributed by atoms with Gasteiger partial charge in [-0.2, -0.15) is 0 Å². The molecule has 4 nitrogen and oxygen atoms in total. The Hall–Kier alpha value is -2.62. The summed E-state index contributed by atoms with van der Waals surface area (Å²) in [5, 5.41) is 8.75. The lowest BCUT2D eigenvalue weighted by Crippen LogP contribution is -2.16. The van der Waals surface area contributed by atoms with Gasteiger partial charge in [0, 0.05) is 0 Å². The third-order valence-corrected chi connectivity index (χ3v) is 3.13. The monoisotopic (exact) mass is 267 g/mol. The first-order chi connectivity index (χ1) is 9.72. The average molecular weight is 267 g/mol. The number of ether oxygens (including phenoxy) is 1. The van der Waals surface area contributed by atoms with Gasteiger partial charge in [0.25, 0.3) is 0 Å². The van der Waals surface area contributed by atoms with Gasteiger partial charge in [0.05, 0.1) is 12.1 Å². The summed E-state index contributed by atoms with van der Waals surface area (Å²) in [4.78, 5) is 15.2. The van der Waals surface area contributed by atoms with Crippen molar-refractivity contribution >= 4 is 17.4 Å². The summed E-state index contributed by atoms with van der Waals surface area (Å²) in [7, 11) is 0. The van der Waals surface area contributed by atoms with E-state index in [4.69, 9.17) is 9.84 Å². The molecule has 0 spiro atoms. The van der Waals surface area contributed by atoms with Crippen LogP contribution in [-0.2, 0) is 11.2 Å². The van der Waals surface area contributed by atoms with Crippen LogP contribution >= 0.6 is 0 Å². The van der Waals surface area contributed by atoms with Crippen LogP contribution in [0.5, 0.6) is 5.75 Å². The van der Waals surface area contributed by atoms with Gasteiger partial charge in [-0.1, -0.05) is 36.4 Å². The number of para-hydroxylation sites is 2. The van der Waals surface area contributed by atoms with Gasteiger partial charge in [-0.15, -0.1) is 0 Å². The van der Waals surface area contributed by atoms with Crippen molar-refractivity contribution < 1.29 is 14.6 Å². The summed E-state index contributed by atoms with van der Waals surface area (Å²) in [6, 6.07) is 15.0. The van der Waals surface area contributed by atoms with Gasteiger partial charge in [0.1, 0.15) is 18.0 Å². The molecule has 0 saturated heterocycles. The van der Waals surface area contributed by atoms with Crippen LogP contribution in [0.25, 0.3) is 0 Å². The third-order valence-electron chi connectivity index (χ3n) is 3.13. The standard InChI is InChI=1S/C16H13NO3/c18-16(19)9-11-5-7-12(8-6-11)14-10-20-15-4-2-1-3-13(15)17-14/h1-8H,9-10H2,(H,18,19). The minimum atomic E-state index is -0.829. The number of rotatable bonds is 3. The normalized spacial score (nSPS) is 13.1. The summed E-state index contributed by atoms with van der Waals surface area (Å²) in [5.41, 5.74) is 3.40. The van der Waals surface area contributed by atoms with Crippen molar-refractivity contribution in [1.29, 1.82) is 0 Å². The Morgan fingerprint density at radius 2 is 1.90 bits per heavy atom. The van der Waals surface area contributed by atoms with Gasteiger partial charge in [-0.25, -0.2) is 4.99 Å². The van der Waals surface area contributed by atoms with Crippen molar-refractivity contribution in [3.05, 3.63) is 59.7 Å². The van der Waals surface area contributed by atoms with Crippen LogP contribution in [0.15, 0.2) is 53.5 Å². The van der Waals surface area contributed by atoms with Gasteiger partial charge < -0.3 is 9.84 Å². The zero-order chi connectivity index (χ0) is 13.9. The van der Waals surface area contributed by atoms with E-state index >= 15 is 0 Å². The van der Waals surface area contributed by atoms with Crippen LogP contribution in [0.1, 0.15) is 11.1 Å². The third kappa shape index (κ3) is 2.54. The Morgan fingerprint density at radius 1 is 1.15 bits per heavy atom. The Kier molecular flexibility index (Phi) is 3.21. The predicted octanol–water partition coefficient (Wildman–Crippen LogP) is 2.83. The van der Waals surface area contributed by atoms with E-state index in [9.17, 15) is 4.79 Å². The highest BCUT2D eigenvalue weighted by atomic mass is 16.5. The summed E-state index contributed by atoms with van der Waals surface area (Å²) < 4.78 is 5.66. The van der Waals surface area contributed by atoms with E-state index in [0.717, 1.165) is 28.3 Å². The van der Waals surface area contributed by atoms with Gasteiger partial charge in [0.15, 0.2) is 0 Å². The molecule has 1 N–H and O–H groups in total. The molecule has 2 aromatic carbocycles. The van der Waals surface area contributed by atoms with Crippen LogP contribution in [0.4, 0.5) is 5.69 Å². The molecule has 0 fully saturated rings. The Labute approximate surface area is 116 Å². The van der Waals surface area contributed by atoms with E-state index in [-0.39, 0.29) is 6.42 Å². The Bertz CT molecular complexity index is 674. The van der Waals surface area contributed by atoms with E-state index in [1.165, 1.54) is 0 Å². The second kappa shape index (κ2) is 5.17. The molecule has 2 aromatic rings. The maximum absolute atomic E-state index is 10.6. The van der Waals surface area contributed by atoms with E-state index < -0.39 is 5.97 Å². The van der Waals surface area contributed by atoms with Crippen molar-refractivity contribution in [2.24, 2.45) is 4.99 Å². The number of benzene rings is 2. The Morgan fingerprint density at radius 3 is 2.65 bits per heavy atom. The SMILES string of the molecule is O=C(O)Cc1ccc(C2=Nc3ccccc3OC2)cc1. The number of nitrogens with zero attached hydrogens (tertiary/aromatic N) is 1. The van der Waals surface area contributed by atoms with Crippen LogP contribution in [0.3, 0.4) is 0 Å². The van der Waals surface area contributed by atoms with Gasteiger partial charge >= 0.3 is 5.97 Å². The number of hydrogen-bond acceptors (Lipinski definition) is 3. The van der Waals surface area contributed by atoms with Crippen molar-refractivity contribution in [1.82, 2.24) is 0 Å². The molecule has 3 rings (SSSR count). The molecule has 0 aromatic heterocycles. The number of carboxylic acids is 1. The topological polar surface area (TPSA) is 58.9 Å². The van der Waals surface area contributed by atoms with Crippen molar-refractivity contribution in [3.8, 4) is 5.75 Å². The molecule has 20 heavy (non-hydrogen) atoms. The highest BCUT2D eigenvalue weighted by Gasteiger charge is 2.13. The highest BCUT2D eigenvalue weighted by Crippen LogP contribution is 2.30. The number of fused-ring (bicyclic) bond motifs is 1. The molecule has 1 heterocycles. The molecule has 0 unspecified atom stereocenters. The maximum atomic E-state index is 10.6. The highest BCUT2D eigenvalue weighted by molar-refractivity contribution is 6.04. The van der Waals surface area contributed by atoms with Crippen LogP contribution in [0.2, 0.25) is 0 Å². The van der Waals surface area contributed by atoms with Gasteiger partial charge in [-0.05, 0) is 23.3 Å². The lowest BCUT2D eigenvalue weighted by atomic mass is 10.1. The molecule has 1 aliphatic heterocycles. The first-order valence-corrected chi connectivity index (χ1v) is 6.33. The van der Waals surface area contributed by atoms with Crippen LogP contribution in [-0.4, -0.2) is 23.4 Å². The fourth-order valence-electron chi connectivity index (χ4n) is 2.13. The van der Waals surface area contributed by atoms with Gasteiger partial charge in [0.2, 0.25) is 0 Å². The fourth-order valence-corrected chi connectivity index (χ4v) is 2.13. The lowest BCUT2D eigenvalue weighted by Gasteiger charge is -2.17. The number of carboxylic acid groups (broad SMARTS) is 1. The molecular weight excluding hydrogens is 254 g/mol. The minimum Gasteiger partial charge on any atom is -0.485 e. The summed E-state index contributed by atoms with van der Waals surface area (Å²) in [5.74, 6) is -0.0382. The number of aliphatic carboxylic acids is 1. The smallest absolute Gasteiger partial charge is 0.307 e. The summed E-state index contributed by atoms with van der Waals surface area (Å²) in [6.07, 6.45) is 0.0338. The maximum Gasteiger partial charge on any atom is 0.307 e. The first kappa shape index (κ1) is 12.4. The summed E-state index contributed by atoms with van der Waals surface area (Å²) >= 11 is 0. The second-order valence-electron chi connectivity index (χ2n) is 4.58. The Balaban J connectivity index is 1.87. The molecule has 0 saturated carbocycles. The number of aliphatic imine (C=N–C) groups is 1.